The van der Waals surface area contributed by atoms with Crippen LogP contribution in [0.3, 0.4) is 0 Å². The number of aliphatic hydroxyl groups is 1. The third-order valence-corrected chi connectivity index (χ3v) is 2.99. The van der Waals surface area contributed by atoms with Crippen molar-refractivity contribution in [1.82, 2.24) is 4.98 Å². The first-order valence-electron chi connectivity index (χ1n) is 5.84. The molecule has 1 aromatic carbocycles. The van der Waals surface area contributed by atoms with Crippen LogP contribution in [-0.2, 0) is 0 Å². The Hall–Kier alpha value is -2.25. The molecular weight excluding hydrogens is 243 g/mol. The van der Waals surface area contributed by atoms with Gasteiger partial charge in [-0.2, -0.15) is 0 Å². The molecule has 0 saturated heterocycles. The molecule has 0 spiro atoms. The molecule has 0 radical (unpaired) electrons. The van der Waals surface area contributed by atoms with E-state index in [9.17, 15) is 9.50 Å². The third-order valence-electron chi connectivity index (χ3n) is 2.99. The first-order chi connectivity index (χ1) is 9.04. The topological polar surface area (TPSA) is 37.5 Å². The maximum absolute atomic E-state index is 13.8. The molecule has 1 heterocycles. The second-order valence-electron chi connectivity index (χ2n) is 4.37. The summed E-state index contributed by atoms with van der Waals surface area (Å²) in [4.78, 5) is 7.22. The first kappa shape index (κ1) is 13.2. The SMILES string of the molecule is [C-]#[N+]c1ccc(-c2cncc(F)c2C(C)O)cc1C. The summed E-state index contributed by atoms with van der Waals surface area (Å²) < 4.78 is 13.8. The highest BCUT2D eigenvalue weighted by Crippen LogP contribution is 2.32. The van der Waals surface area contributed by atoms with Crippen molar-refractivity contribution in [3.05, 3.63) is 59.0 Å². The number of aromatic nitrogens is 1. The zero-order valence-corrected chi connectivity index (χ0v) is 10.7. The molecule has 0 aliphatic heterocycles. The zero-order valence-electron chi connectivity index (χ0n) is 10.7. The fourth-order valence-corrected chi connectivity index (χ4v) is 2.05. The Morgan fingerprint density at radius 2 is 2.11 bits per heavy atom. The second kappa shape index (κ2) is 5.17. The van der Waals surface area contributed by atoms with Crippen molar-refractivity contribution < 1.29 is 9.50 Å². The van der Waals surface area contributed by atoms with E-state index in [1.165, 1.54) is 13.1 Å². The number of hydrogen-bond acceptors (Lipinski definition) is 2. The van der Waals surface area contributed by atoms with E-state index >= 15 is 0 Å². The minimum Gasteiger partial charge on any atom is -0.389 e. The van der Waals surface area contributed by atoms with Gasteiger partial charge in [-0.25, -0.2) is 9.24 Å². The predicted octanol–water partition coefficient (Wildman–Crippen LogP) is 3.80. The second-order valence-corrected chi connectivity index (χ2v) is 4.37. The monoisotopic (exact) mass is 256 g/mol. The quantitative estimate of drug-likeness (QED) is 0.830. The zero-order chi connectivity index (χ0) is 14.0. The number of aliphatic hydroxyl groups excluding tert-OH is 1. The average Bonchev–Trinajstić information content (AvgIpc) is 2.37. The molecule has 0 saturated carbocycles. The molecular formula is C15H13FN2O. The van der Waals surface area contributed by atoms with Crippen LogP contribution in [-0.4, -0.2) is 10.1 Å². The van der Waals surface area contributed by atoms with Crippen LogP contribution in [0.5, 0.6) is 0 Å². The number of halogens is 1. The molecule has 4 heteroatoms. The molecule has 2 aromatic rings. The molecule has 0 aliphatic carbocycles. The number of pyridine rings is 1. The summed E-state index contributed by atoms with van der Waals surface area (Å²) in [6.07, 6.45) is 1.70. The van der Waals surface area contributed by atoms with E-state index in [1.807, 2.05) is 6.92 Å². The van der Waals surface area contributed by atoms with Crippen LogP contribution >= 0.6 is 0 Å². The largest absolute Gasteiger partial charge is 0.389 e. The molecule has 0 bridgehead atoms. The van der Waals surface area contributed by atoms with Crippen molar-refractivity contribution in [2.24, 2.45) is 0 Å². The van der Waals surface area contributed by atoms with Gasteiger partial charge in [0.2, 0.25) is 0 Å². The third kappa shape index (κ3) is 2.47. The molecule has 1 N–H and O–H groups in total. The molecule has 1 aromatic heterocycles. The van der Waals surface area contributed by atoms with Crippen LogP contribution in [0.1, 0.15) is 24.2 Å². The van der Waals surface area contributed by atoms with Crippen LogP contribution in [0.4, 0.5) is 10.1 Å². The highest BCUT2D eigenvalue weighted by Gasteiger charge is 2.15. The summed E-state index contributed by atoms with van der Waals surface area (Å²) in [5.74, 6) is -0.528. The molecule has 96 valence electrons. The minimum absolute atomic E-state index is 0.227. The molecule has 0 amide bonds. The molecule has 2 rings (SSSR count). The molecule has 1 atom stereocenters. The van der Waals surface area contributed by atoms with Gasteiger partial charge in [0.25, 0.3) is 0 Å². The summed E-state index contributed by atoms with van der Waals surface area (Å²) in [7, 11) is 0. The van der Waals surface area contributed by atoms with Crippen LogP contribution in [0, 0.1) is 19.3 Å². The lowest BCUT2D eigenvalue weighted by molar-refractivity contribution is 0.194. The predicted molar refractivity (Wildman–Crippen MR) is 71.3 cm³/mol. The fourth-order valence-electron chi connectivity index (χ4n) is 2.05. The number of rotatable bonds is 2. The van der Waals surface area contributed by atoms with Gasteiger partial charge in [-0.15, -0.1) is 0 Å². The number of aryl methyl sites for hydroxylation is 1. The van der Waals surface area contributed by atoms with E-state index in [1.54, 1.807) is 18.2 Å². The lowest BCUT2D eigenvalue weighted by Gasteiger charge is -2.13. The minimum atomic E-state index is -0.918. The molecule has 0 aliphatic rings. The Bertz CT molecular complexity index is 660. The van der Waals surface area contributed by atoms with E-state index < -0.39 is 11.9 Å². The average molecular weight is 256 g/mol. The highest BCUT2D eigenvalue weighted by molar-refractivity contribution is 5.71. The summed E-state index contributed by atoms with van der Waals surface area (Å²) in [6, 6.07) is 5.23. The van der Waals surface area contributed by atoms with Crippen molar-refractivity contribution in [3.63, 3.8) is 0 Å². The van der Waals surface area contributed by atoms with Gasteiger partial charge in [0, 0.05) is 17.3 Å². The fraction of sp³-hybridized carbons (Fsp3) is 0.200. The van der Waals surface area contributed by atoms with Gasteiger partial charge in [-0.05, 0) is 25.0 Å². The molecule has 0 fully saturated rings. The number of benzene rings is 1. The maximum atomic E-state index is 13.8. The van der Waals surface area contributed by atoms with Crippen LogP contribution < -0.4 is 0 Å². The normalized spacial score (nSPS) is 11.9. The molecule has 19 heavy (non-hydrogen) atoms. The van der Waals surface area contributed by atoms with Crippen molar-refractivity contribution >= 4 is 5.69 Å². The standard InChI is InChI=1S/C15H13FN2O/c1-9-6-11(4-5-14(9)17-3)12-7-18-8-13(16)15(12)10(2)19/h4-8,10,19H,1-2H3. The van der Waals surface area contributed by atoms with Gasteiger partial charge >= 0.3 is 0 Å². The van der Waals surface area contributed by atoms with Gasteiger partial charge in [0.05, 0.1) is 18.9 Å². The van der Waals surface area contributed by atoms with E-state index in [4.69, 9.17) is 6.57 Å². The highest BCUT2D eigenvalue weighted by atomic mass is 19.1. The molecule has 3 nitrogen and oxygen atoms in total. The summed E-state index contributed by atoms with van der Waals surface area (Å²) in [6.45, 7) is 10.4. The Morgan fingerprint density at radius 3 is 2.68 bits per heavy atom. The first-order valence-corrected chi connectivity index (χ1v) is 5.84. The maximum Gasteiger partial charge on any atom is 0.190 e. The molecule has 1 unspecified atom stereocenters. The summed E-state index contributed by atoms with van der Waals surface area (Å²) >= 11 is 0. The van der Waals surface area contributed by atoms with Gasteiger partial charge in [-0.3, -0.25) is 4.98 Å². The Kier molecular flexibility index (Phi) is 3.59. The Morgan fingerprint density at radius 1 is 1.37 bits per heavy atom. The lowest BCUT2D eigenvalue weighted by atomic mass is 9.97. The van der Waals surface area contributed by atoms with E-state index in [0.29, 0.717) is 11.3 Å². The van der Waals surface area contributed by atoms with Crippen molar-refractivity contribution in [1.29, 1.82) is 0 Å². The van der Waals surface area contributed by atoms with Crippen molar-refractivity contribution in [2.75, 3.05) is 0 Å². The van der Waals surface area contributed by atoms with Gasteiger partial charge in [0.15, 0.2) is 5.69 Å². The van der Waals surface area contributed by atoms with E-state index in [2.05, 4.69) is 9.83 Å². The Labute approximate surface area is 111 Å². The summed E-state index contributed by atoms with van der Waals surface area (Å²) in [5, 5.41) is 9.70. The number of nitrogens with zero attached hydrogens (tertiary/aromatic N) is 2. The van der Waals surface area contributed by atoms with Crippen LogP contribution in [0.15, 0.2) is 30.6 Å². The van der Waals surface area contributed by atoms with Crippen molar-refractivity contribution in [2.45, 2.75) is 20.0 Å². The number of hydrogen-bond donors (Lipinski definition) is 1. The van der Waals surface area contributed by atoms with Crippen LogP contribution in [0.25, 0.3) is 16.0 Å². The smallest absolute Gasteiger partial charge is 0.190 e. The van der Waals surface area contributed by atoms with Crippen LogP contribution in [0.2, 0.25) is 0 Å². The van der Waals surface area contributed by atoms with Gasteiger partial charge in [0.1, 0.15) is 5.82 Å². The van der Waals surface area contributed by atoms with Gasteiger partial charge in [-0.1, -0.05) is 18.2 Å². The lowest BCUT2D eigenvalue weighted by Crippen LogP contribution is -2.00. The van der Waals surface area contributed by atoms with E-state index in [0.717, 1.165) is 17.3 Å². The van der Waals surface area contributed by atoms with E-state index in [-0.39, 0.29) is 5.56 Å². The Balaban J connectivity index is 2.63. The van der Waals surface area contributed by atoms with Gasteiger partial charge < -0.3 is 5.11 Å². The summed E-state index contributed by atoms with van der Waals surface area (Å²) in [5.41, 5.74) is 2.90. The van der Waals surface area contributed by atoms with Crippen molar-refractivity contribution in [3.8, 4) is 11.1 Å².